The molecule has 1 aromatic carbocycles. The zero-order valence-electron chi connectivity index (χ0n) is 21.7. The minimum absolute atomic E-state index is 0.209. The van der Waals surface area contributed by atoms with Gasteiger partial charge >= 0.3 is 5.97 Å². The number of hydrogen-bond acceptors (Lipinski definition) is 10. The second kappa shape index (κ2) is 9.22. The summed E-state index contributed by atoms with van der Waals surface area (Å²) in [6.45, 7) is 9.25. The lowest BCUT2D eigenvalue weighted by Crippen LogP contribution is -2.55. The van der Waals surface area contributed by atoms with Crippen molar-refractivity contribution in [2.45, 2.75) is 82.9 Å². The fourth-order valence-electron chi connectivity index (χ4n) is 5.24. The summed E-state index contributed by atoms with van der Waals surface area (Å²) in [6.07, 6.45) is -2.86. The van der Waals surface area contributed by atoms with Crippen molar-refractivity contribution in [1.29, 1.82) is 0 Å². The third kappa shape index (κ3) is 4.57. The monoisotopic (exact) mass is 544 g/mol. The van der Waals surface area contributed by atoms with Crippen LogP contribution in [0.2, 0.25) is 5.15 Å². The summed E-state index contributed by atoms with van der Waals surface area (Å²) in [5, 5.41) is 0.209. The number of benzene rings is 1. The van der Waals surface area contributed by atoms with Gasteiger partial charge in [0.05, 0.1) is 18.5 Å². The van der Waals surface area contributed by atoms with Crippen molar-refractivity contribution in [3.8, 4) is 0 Å². The third-order valence-electron chi connectivity index (χ3n) is 6.81. The van der Waals surface area contributed by atoms with Crippen LogP contribution in [0.4, 0.5) is 0 Å². The zero-order chi connectivity index (χ0) is 26.8. The van der Waals surface area contributed by atoms with E-state index in [0.717, 1.165) is 0 Å². The summed E-state index contributed by atoms with van der Waals surface area (Å²) in [5.74, 6) is -1.92. The predicted octanol–water partition coefficient (Wildman–Crippen LogP) is 3.58. The van der Waals surface area contributed by atoms with E-state index in [-0.39, 0.29) is 11.8 Å². The summed E-state index contributed by atoms with van der Waals surface area (Å²) in [7, 11) is 0. The quantitative estimate of drug-likeness (QED) is 0.358. The number of carbonyl (C=O) groups excluding carboxylic acids is 1. The first-order chi connectivity index (χ1) is 18.0. The van der Waals surface area contributed by atoms with Crippen molar-refractivity contribution in [2.75, 3.05) is 6.61 Å². The van der Waals surface area contributed by atoms with E-state index < -0.39 is 54.3 Å². The van der Waals surface area contributed by atoms with E-state index in [2.05, 4.69) is 15.0 Å². The maximum atomic E-state index is 13.4. The third-order valence-corrected chi connectivity index (χ3v) is 7.07. The number of halogens is 1. The second-order valence-electron chi connectivity index (χ2n) is 10.5. The van der Waals surface area contributed by atoms with Crippen molar-refractivity contribution in [2.24, 2.45) is 0 Å². The minimum Gasteiger partial charge on any atom is -0.451 e. The molecular formula is C26H29ClN4O7. The Morgan fingerprint density at radius 1 is 1.03 bits per heavy atom. The molecule has 0 N–H and O–H groups in total. The van der Waals surface area contributed by atoms with Gasteiger partial charge in [-0.05, 0) is 46.8 Å². The Morgan fingerprint density at radius 2 is 1.74 bits per heavy atom. The number of carbonyl (C=O) groups is 1. The first-order valence-corrected chi connectivity index (χ1v) is 12.8. The van der Waals surface area contributed by atoms with Crippen molar-refractivity contribution in [1.82, 2.24) is 19.5 Å². The highest BCUT2D eigenvalue weighted by Gasteiger charge is 2.60. The first-order valence-electron chi connectivity index (χ1n) is 12.5. The van der Waals surface area contributed by atoms with Gasteiger partial charge in [-0.1, -0.05) is 29.8 Å². The normalized spacial score (nSPS) is 31.8. The van der Waals surface area contributed by atoms with Crippen LogP contribution in [0.5, 0.6) is 0 Å². The molecule has 38 heavy (non-hydrogen) atoms. The smallest absolute Gasteiger partial charge is 0.338 e. The van der Waals surface area contributed by atoms with Crippen LogP contribution < -0.4 is 0 Å². The Kier molecular flexibility index (Phi) is 6.21. The predicted molar refractivity (Wildman–Crippen MR) is 133 cm³/mol. The van der Waals surface area contributed by atoms with Gasteiger partial charge in [0.15, 0.2) is 34.7 Å². The molecular weight excluding hydrogens is 516 g/mol. The van der Waals surface area contributed by atoms with Gasteiger partial charge in [0.2, 0.25) is 0 Å². The summed E-state index contributed by atoms with van der Waals surface area (Å²) in [6, 6.07) is 8.74. The topological polar surface area (TPSA) is 116 Å². The first kappa shape index (κ1) is 25.6. The number of aryl methyl sites for hydroxylation is 1. The Bertz CT molecular complexity index is 1360. The Hall–Kier alpha value is -2.67. The molecule has 3 unspecified atom stereocenters. The molecule has 0 aliphatic carbocycles. The molecule has 12 heteroatoms. The molecule has 3 fully saturated rings. The molecule has 0 saturated carbocycles. The number of rotatable bonds is 3. The summed E-state index contributed by atoms with van der Waals surface area (Å²) in [5.41, 5.74) is 1.21. The van der Waals surface area contributed by atoms with Crippen molar-refractivity contribution in [3.05, 3.63) is 53.2 Å². The van der Waals surface area contributed by atoms with E-state index in [1.54, 1.807) is 42.1 Å². The molecule has 0 radical (unpaired) electrons. The molecule has 0 amide bonds. The molecule has 5 heterocycles. The highest BCUT2D eigenvalue weighted by molar-refractivity contribution is 6.33. The summed E-state index contributed by atoms with van der Waals surface area (Å²) in [4.78, 5) is 26.6. The van der Waals surface area contributed by atoms with Crippen molar-refractivity contribution >= 4 is 28.7 Å². The van der Waals surface area contributed by atoms with Crippen LogP contribution >= 0.6 is 11.6 Å². The highest BCUT2D eigenvalue weighted by atomic mass is 35.5. The van der Waals surface area contributed by atoms with Crippen molar-refractivity contribution in [3.63, 3.8) is 0 Å². The van der Waals surface area contributed by atoms with Gasteiger partial charge in [0, 0.05) is 0 Å². The standard InChI is InChI=1S/C26H29ClN4O7/c1-13-29-21(27)16-22(30-13)31(12-28-16)23-20(35-24(32)14-9-7-6-8-10-14)19-18(37-26(4,5)38-19)17-15(34-23)11-33-25(2,3)36-17/h6-10,12,15,17-20,23H,11H2,1-5H3/t15?,17-,18+,19?,20?,23-/m1/s1. The van der Waals surface area contributed by atoms with E-state index >= 15 is 0 Å². The summed E-state index contributed by atoms with van der Waals surface area (Å²) >= 11 is 6.38. The van der Waals surface area contributed by atoms with Gasteiger partial charge in [0.1, 0.15) is 35.8 Å². The number of fused-ring (bicyclic) bond motifs is 4. The van der Waals surface area contributed by atoms with Crippen LogP contribution in [0, 0.1) is 6.92 Å². The van der Waals surface area contributed by atoms with Gasteiger partial charge in [-0.25, -0.2) is 19.7 Å². The lowest BCUT2D eigenvalue weighted by Gasteiger charge is -2.42. The van der Waals surface area contributed by atoms with Gasteiger partial charge in [-0.3, -0.25) is 4.57 Å². The highest BCUT2D eigenvalue weighted by Crippen LogP contribution is 2.44. The zero-order valence-corrected chi connectivity index (χ0v) is 22.4. The SMILES string of the molecule is Cc1nc(Cl)c2ncn([C@@H]3OC4COC(C)(C)O[C@H]4[C@@H]4OC(C)(C)OC4C3OC(=O)c3ccccc3)c2n1. The number of hydrogen-bond donors (Lipinski definition) is 0. The van der Waals surface area contributed by atoms with Gasteiger partial charge < -0.3 is 28.4 Å². The summed E-state index contributed by atoms with van der Waals surface area (Å²) < 4.78 is 39.5. The van der Waals surface area contributed by atoms with Gasteiger partial charge in [-0.15, -0.1) is 0 Å². The average Bonchev–Trinajstić information content (AvgIpc) is 3.39. The largest absolute Gasteiger partial charge is 0.451 e. The van der Waals surface area contributed by atoms with Crippen LogP contribution in [0.1, 0.15) is 50.1 Å². The lowest BCUT2D eigenvalue weighted by molar-refractivity contribution is -0.332. The molecule has 202 valence electrons. The van der Waals surface area contributed by atoms with E-state index in [1.807, 2.05) is 33.8 Å². The lowest BCUT2D eigenvalue weighted by atomic mass is 9.99. The van der Waals surface area contributed by atoms with Crippen LogP contribution in [-0.4, -0.2) is 74.2 Å². The second-order valence-corrected chi connectivity index (χ2v) is 10.9. The Morgan fingerprint density at radius 3 is 2.50 bits per heavy atom. The van der Waals surface area contributed by atoms with Crippen LogP contribution in [0.3, 0.4) is 0 Å². The van der Waals surface area contributed by atoms with E-state index in [1.165, 1.54) is 0 Å². The molecule has 3 saturated heterocycles. The number of imidazole rings is 1. The minimum atomic E-state index is -0.974. The Balaban J connectivity index is 1.49. The molecule has 11 nitrogen and oxygen atoms in total. The van der Waals surface area contributed by atoms with Gasteiger partial charge in [-0.2, -0.15) is 0 Å². The van der Waals surface area contributed by atoms with Crippen LogP contribution in [0.25, 0.3) is 11.2 Å². The number of ether oxygens (including phenoxy) is 6. The number of nitrogens with zero attached hydrogens (tertiary/aromatic N) is 4. The molecule has 3 aromatic rings. The molecule has 3 aliphatic rings. The molecule has 3 aliphatic heterocycles. The fourth-order valence-corrected chi connectivity index (χ4v) is 5.50. The number of aromatic nitrogens is 4. The van der Waals surface area contributed by atoms with E-state index in [9.17, 15) is 4.79 Å². The van der Waals surface area contributed by atoms with Crippen LogP contribution in [0.15, 0.2) is 36.7 Å². The molecule has 6 rings (SSSR count). The molecule has 0 bridgehead atoms. The Labute approximate surface area is 224 Å². The molecule has 2 aromatic heterocycles. The van der Waals surface area contributed by atoms with E-state index in [0.29, 0.717) is 22.6 Å². The fraction of sp³-hybridized carbons (Fsp3) is 0.538. The molecule has 6 atom stereocenters. The maximum Gasteiger partial charge on any atom is 0.338 e. The number of esters is 1. The molecule has 0 spiro atoms. The van der Waals surface area contributed by atoms with E-state index in [4.69, 9.17) is 40.0 Å². The van der Waals surface area contributed by atoms with Crippen LogP contribution in [-0.2, 0) is 28.4 Å². The van der Waals surface area contributed by atoms with Crippen molar-refractivity contribution < 1.29 is 33.2 Å². The average molecular weight is 545 g/mol. The maximum absolute atomic E-state index is 13.4. The van der Waals surface area contributed by atoms with Gasteiger partial charge in [0.25, 0.3) is 0 Å².